The second-order valence-corrected chi connectivity index (χ2v) is 5.23. The predicted molar refractivity (Wildman–Crippen MR) is 69.0 cm³/mol. The van der Waals surface area contributed by atoms with Crippen molar-refractivity contribution in [1.82, 2.24) is 4.98 Å². The maximum absolute atomic E-state index is 11.4. The van der Waals surface area contributed by atoms with Crippen LogP contribution in [-0.2, 0) is 4.79 Å². The highest BCUT2D eigenvalue weighted by Gasteiger charge is 2.04. The first-order chi connectivity index (χ1) is 7.63. The molecule has 3 heteroatoms. The Kier molecular flexibility index (Phi) is 5.53. The van der Waals surface area contributed by atoms with Crippen molar-refractivity contribution < 1.29 is 4.79 Å². The van der Waals surface area contributed by atoms with Crippen LogP contribution >= 0.6 is 11.8 Å². The van der Waals surface area contributed by atoms with Crippen molar-refractivity contribution >= 4 is 17.5 Å². The van der Waals surface area contributed by atoms with Crippen LogP contribution in [0, 0.1) is 0 Å². The van der Waals surface area contributed by atoms with E-state index in [1.54, 1.807) is 11.8 Å². The lowest BCUT2D eigenvalue weighted by molar-refractivity contribution is -0.116. The Hall–Kier alpha value is -0.830. The van der Waals surface area contributed by atoms with Gasteiger partial charge >= 0.3 is 0 Å². The third-order valence-corrected chi connectivity index (χ3v) is 3.35. The van der Waals surface area contributed by atoms with Gasteiger partial charge in [-0.05, 0) is 24.0 Å². The van der Waals surface area contributed by atoms with E-state index in [1.165, 1.54) is 5.56 Å². The van der Waals surface area contributed by atoms with Crippen LogP contribution in [0.25, 0.3) is 0 Å². The molecule has 0 unspecified atom stereocenters. The van der Waals surface area contributed by atoms with Crippen molar-refractivity contribution in [3.63, 3.8) is 0 Å². The SMILES string of the molecule is CCCC(=O)CSc1cncc(C(C)C)c1. The summed E-state index contributed by atoms with van der Waals surface area (Å²) in [7, 11) is 0. The van der Waals surface area contributed by atoms with Gasteiger partial charge in [-0.1, -0.05) is 20.8 Å². The van der Waals surface area contributed by atoms with Crippen molar-refractivity contribution in [3.05, 3.63) is 24.0 Å². The quantitative estimate of drug-likeness (QED) is 0.707. The first-order valence-electron chi connectivity index (χ1n) is 5.73. The van der Waals surface area contributed by atoms with Crippen molar-refractivity contribution in [2.75, 3.05) is 5.75 Å². The van der Waals surface area contributed by atoms with E-state index in [9.17, 15) is 4.79 Å². The van der Waals surface area contributed by atoms with Crippen LogP contribution in [0.15, 0.2) is 23.4 Å². The van der Waals surface area contributed by atoms with Gasteiger partial charge in [-0.25, -0.2) is 0 Å². The molecule has 0 atom stereocenters. The fourth-order valence-electron chi connectivity index (χ4n) is 1.35. The smallest absolute Gasteiger partial charge is 0.143 e. The molecule has 88 valence electrons. The normalized spacial score (nSPS) is 10.8. The number of hydrogen-bond acceptors (Lipinski definition) is 3. The molecular weight excluding hydrogens is 218 g/mol. The number of Topliss-reactive ketones (excluding diaryl/α,β-unsaturated/α-hetero) is 1. The number of thioether (sulfide) groups is 1. The Morgan fingerprint density at radius 1 is 1.44 bits per heavy atom. The average molecular weight is 237 g/mol. The highest BCUT2D eigenvalue weighted by atomic mass is 32.2. The van der Waals surface area contributed by atoms with E-state index in [0.29, 0.717) is 23.9 Å². The van der Waals surface area contributed by atoms with Gasteiger partial charge in [-0.3, -0.25) is 9.78 Å². The van der Waals surface area contributed by atoms with Gasteiger partial charge in [0.1, 0.15) is 5.78 Å². The van der Waals surface area contributed by atoms with Gasteiger partial charge in [0.2, 0.25) is 0 Å². The van der Waals surface area contributed by atoms with Crippen LogP contribution in [-0.4, -0.2) is 16.5 Å². The van der Waals surface area contributed by atoms with Crippen LogP contribution in [0.4, 0.5) is 0 Å². The van der Waals surface area contributed by atoms with Crippen LogP contribution in [0.1, 0.15) is 45.1 Å². The Balaban J connectivity index is 2.54. The molecule has 0 aromatic carbocycles. The Morgan fingerprint density at radius 2 is 2.19 bits per heavy atom. The molecule has 0 bridgehead atoms. The van der Waals surface area contributed by atoms with Gasteiger partial charge in [0.15, 0.2) is 0 Å². The number of carbonyl (C=O) groups is 1. The number of pyridine rings is 1. The van der Waals surface area contributed by atoms with Gasteiger partial charge in [0.25, 0.3) is 0 Å². The van der Waals surface area contributed by atoms with Crippen LogP contribution in [0.2, 0.25) is 0 Å². The van der Waals surface area contributed by atoms with Crippen molar-refractivity contribution in [3.8, 4) is 0 Å². The fraction of sp³-hybridized carbons (Fsp3) is 0.538. The van der Waals surface area contributed by atoms with E-state index in [4.69, 9.17) is 0 Å². The number of ketones is 1. The van der Waals surface area contributed by atoms with E-state index < -0.39 is 0 Å². The minimum Gasteiger partial charge on any atom is -0.299 e. The largest absolute Gasteiger partial charge is 0.299 e. The van der Waals surface area contributed by atoms with E-state index in [-0.39, 0.29) is 0 Å². The highest BCUT2D eigenvalue weighted by molar-refractivity contribution is 8.00. The lowest BCUT2D eigenvalue weighted by Crippen LogP contribution is -2.00. The van der Waals surface area contributed by atoms with Crippen LogP contribution in [0.3, 0.4) is 0 Å². The molecule has 1 heterocycles. The maximum Gasteiger partial charge on any atom is 0.143 e. The zero-order chi connectivity index (χ0) is 12.0. The maximum atomic E-state index is 11.4. The Bertz CT molecular complexity index is 350. The second-order valence-electron chi connectivity index (χ2n) is 4.19. The van der Waals surface area contributed by atoms with E-state index in [0.717, 1.165) is 11.3 Å². The number of hydrogen-bond donors (Lipinski definition) is 0. The van der Waals surface area contributed by atoms with Crippen molar-refractivity contribution in [1.29, 1.82) is 0 Å². The summed E-state index contributed by atoms with van der Waals surface area (Å²) in [5, 5.41) is 0. The zero-order valence-electron chi connectivity index (χ0n) is 10.2. The topological polar surface area (TPSA) is 30.0 Å². The molecule has 0 saturated carbocycles. The molecule has 0 aliphatic carbocycles. The second kappa shape index (κ2) is 6.69. The van der Waals surface area contributed by atoms with Gasteiger partial charge in [0, 0.05) is 23.7 Å². The molecule has 0 aliphatic heterocycles. The third-order valence-electron chi connectivity index (χ3n) is 2.33. The molecular formula is C13H19NOS. The van der Waals surface area contributed by atoms with Gasteiger partial charge in [-0.15, -0.1) is 11.8 Å². The van der Waals surface area contributed by atoms with E-state index >= 15 is 0 Å². The minimum absolute atomic E-state index is 0.322. The molecule has 16 heavy (non-hydrogen) atoms. The molecule has 1 rings (SSSR count). The number of nitrogens with zero attached hydrogens (tertiary/aromatic N) is 1. The van der Waals surface area contributed by atoms with Crippen LogP contribution in [0.5, 0.6) is 0 Å². The molecule has 0 spiro atoms. The van der Waals surface area contributed by atoms with E-state index in [1.807, 2.05) is 19.3 Å². The minimum atomic E-state index is 0.322. The summed E-state index contributed by atoms with van der Waals surface area (Å²) in [6.45, 7) is 6.32. The number of rotatable bonds is 6. The monoisotopic (exact) mass is 237 g/mol. The first kappa shape index (κ1) is 13.2. The standard InChI is InChI=1S/C13H19NOS/c1-4-5-12(15)9-16-13-6-11(10(2)3)7-14-8-13/h6-8,10H,4-5,9H2,1-3H3. The summed E-state index contributed by atoms with van der Waals surface area (Å²) in [6.07, 6.45) is 5.34. The molecule has 1 aromatic rings. The van der Waals surface area contributed by atoms with E-state index in [2.05, 4.69) is 24.9 Å². The van der Waals surface area contributed by atoms with Gasteiger partial charge in [0.05, 0.1) is 5.75 Å². The highest BCUT2D eigenvalue weighted by Crippen LogP contribution is 2.22. The van der Waals surface area contributed by atoms with Crippen LogP contribution < -0.4 is 0 Å². The average Bonchev–Trinajstić information content (AvgIpc) is 2.27. The lowest BCUT2D eigenvalue weighted by Gasteiger charge is -2.06. The number of aromatic nitrogens is 1. The molecule has 2 nitrogen and oxygen atoms in total. The molecule has 0 saturated heterocycles. The Labute approximate surface area is 102 Å². The first-order valence-corrected chi connectivity index (χ1v) is 6.71. The summed E-state index contributed by atoms with van der Waals surface area (Å²) >= 11 is 1.59. The summed E-state index contributed by atoms with van der Waals surface area (Å²) in [5.74, 6) is 1.37. The molecule has 0 amide bonds. The molecule has 0 aliphatic rings. The summed E-state index contributed by atoms with van der Waals surface area (Å²) in [6, 6.07) is 2.13. The fourth-order valence-corrected chi connectivity index (χ4v) is 2.17. The third kappa shape index (κ3) is 4.35. The summed E-state index contributed by atoms with van der Waals surface area (Å²) < 4.78 is 0. The molecule has 0 N–H and O–H groups in total. The molecule has 0 fully saturated rings. The van der Waals surface area contributed by atoms with Crippen molar-refractivity contribution in [2.24, 2.45) is 0 Å². The summed E-state index contributed by atoms with van der Waals surface area (Å²) in [5.41, 5.74) is 1.23. The molecule has 1 aromatic heterocycles. The molecule has 0 radical (unpaired) electrons. The zero-order valence-corrected chi connectivity index (χ0v) is 11.0. The Morgan fingerprint density at radius 3 is 2.81 bits per heavy atom. The predicted octanol–water partition coefficient (Wildman–Crippen LogP) is 3.67. The number of carbonyl (C=O) groups excluding carboxylic acids is 1. The summed E-state index contributed by atoms with van der Waals surface area (Å²) in [4.78, 5) is 16.7. The van der Waals surface area contributed by atoms with Gasteiger partial charge in [-0.2, -0.15) is 0 Å². The lowest BCUT2D eigenvalue weighted by atomic mass is 10.1. The van der Waals surface area contributed by atoms with Crippen molar-refractivity contribution in [2.45, 2.75) is 44.4 Å². The van der Waals surface area contributed by atoms with Gasteiger partial charge < -0.3 is 0 Å².